The van der Waals surface area contributed by atoms with Crippen molar-refractivity contribution >= 4 is 16.7 Å². The van der Waals surface area contributed by atoms with Gasteiger partial charge in [-0.3, -0.25) is 0 Å². The van der Waals surface area contributed by atoms with Crippen molar-refractivity contribution in [3.63, 3.8) is 0 Å². The third kappa shape index (κ3) is 4.18. The van der Waals surface area contributed by atoms with Crippen LogP contribution in [0.5, 0.6) is 0 Å². The number of aromatic nitrogens is 2. The smallest absolute Gasteiger partial charge is 0.394 e. The van der Waals surface area contributed by atoms with Gasteiger partial charge in [-0.2, -0.15) is 13.2 Å². The molecule has 0 fully saturated rings. The Morgan fingerprint density at radius 1 is 1.33 bits per heavy atom. The molecule has 2 rings (SSSR count). The van der Waals surface area contributed by atoms with E-state index < -0.39 is 24.6 Å². The Morgan fingerprint density at radius 2 is 2.08 bits per heavy atom. The summed E-state index contributed by atoms with van der Waals surface area (Å²) in [6.45, 7) is 2.51. The lowest BCUT2D eigenvalue weighted by Gasteiger charge is -2.16. The molecule has 134 valence electrons. The van der Waals surface area contributed by atoms with Crippen molar-refractivity contribution in [3.05, 3.63) is 24.0 Å². The Morgan fingerprint density at radius 3 is 2.71 bits per heavy atom. The van der Waals surface area contributed by atoms with Gasteiger partial charge in [-0.1, -0.05) is 0 Å². The fourth-order valence-electron chi connectivity index (χ4n) is 2.54. The van der Waals surface area contributed by atoms with Crippen LogP contribution in [0.25, 0.3) is 11.0 Å². The first-order valence-corrected chi connectivity index (χ1v) is 7.81. The average molecular weight is 345 g/mol. The van der Waals surface area contributed by atoms with Crippen molar-refractivity contribution in [2.75, 3.05) is 32.2 Å². The molecule has 8 heteroatoms. The number of ether oxygens (including phenoxy) is 1. The minimum Gasteiger partial charge on any atom is -0.394 e. The Labute approximate surface area is 138 Å². The van der Waals surface area contributed by atoms with E-state index >= 15 is 0 Å². The number of aliphatic hydroxyl groups excluding tert-OH is 1. The normalized spacial score (nSPS) is 13.4. The molecule has 5 nitrogen and oxygen atoms in total. The molecule has 1 aromatic carbocycles. The predicted molar refractivity (Wildman–Crippen MR) is 86.1 cm³/mol. The van der Waals surface area contributed by atoms with Gasteiger partial charge in [0.05, 0.1) is 23.7 Å². The predicted octanol–water partition coefficient (Wildman–Crippen LogP) is 3.45. The largest absolute Gasteiger partial charge is 0.449 e. The molecule has 0 saturated heterocycles. The second-order valence-corrected chi connectivity index (χ2v) is 5.66. The van der Waals surface area contributed by atoms with E-state index in [9.17, 15) is 18.3 Å². The fourth-order valence-corrected chi connectivity index (χ4v) is 2.54. The van der Waals surface area contributed by atoms with Gasteiger partial charge in [0.15, 0.2) is 0 Å². The molecule has 0 spiro atoms. The standard InChI is InChI=1S/C16H22F3N3O2/c1-11(10-23)22-14-6-5-12(20-7-3-4-8-24-2)9-13(14)21-15(22)16(17,18)19/h5-6,9,11,20,23H,3-4,7-8,10H2,1-2H3. The third-order valence-electron chi connectivity index (χ3n) is 3.75. The average Bonchev–Trinajstić information content (AvgIpc) is 2.93. The van der Waals surface area contributed by atoms with Gasteiger partial charge in [0, 0.05) is 25.9 Å². The number of unbranched alkanes of at least 4 members (excludes halogenated alkanes) is 1. The minimum atomic E-state index is -4.57. The number of benzene rings is 1. The number of nitrogens with zero attached hydrogens (tertiary/aromatic N) is 2. The highest BCUT2D eigenvalue weighted by molar-refractivity contribution is 5.80. The minimum absolute atomic E-state index is 0.254. The molecule has 1 unspecified atom stereocenters. The van der Waals surface area contributed by atoms with Crippen LogP contribution >= 0.6 is 0 Å². The van der Waals surface area contributed by atoms with E-state index in [-0.39, 0.29) is 5.52 Å². The molecule has 0 amide bonds. The maximum Gasteiger partial charge on any atom is 0.449 e. The van der Waals surface area contributed by atoms with E-state index in [4.69, 9.17) is 4.74 Å². The highest BCUT2D eigenvalue weighted by Gasteiger charge is 2.38. The van der Waals surface area contributed by atoms with Crippen LogP contribution in [0.4, 0.5) is 18.9 Å². The lowest BCUT2D eigenvalue weighted by atomic mass is 10.2. The van der Waals surface area contributed by atoms with Crippen molar-refractivity contribution in [2.24, 2.45) is 0 Å². The summed E-state index contributed by atoms with van der Waals surface area (Å²) in [5.74, 6) is -0.990. The van der Waals surface area contributed by atoms with Gasteiger partial charge in [0.2, 0.25) is 5.82 Å². The molecule has 2 N–H and O–H groups in total. The number of rotatable bonds is 8. The first kappa shape index (κ1) is 18.5. The Balaban J connectivity index is 2.26. The van der Waals surface area contributed by atoms with Gasteiger partial charge < -0.3 is 19.7 Å². The molecule has 0 saturated carbocycles. The van der Waals surface area contributed by atoms with Crippen LogP contribution in [-0.2, 0) is 10.9 Å². The van der Waals surface area contributed by atoms with Crippen LogP contribution in [-0.4, -0.2) is 41.5 Å². The summed E-state index contributed by atoms with van der Waals surface area (Å²) < 4.78 is 45.6. The van der Waals surface area contributed by atoms with Gasteiger partial charge in [0.25, 0.3) is 0 Å². The molecule has 1 heterocycles. The number of alkyl halides is 3. The number of hydrogen-bond donors (Lipinski definition) is 2. The molecule has 0 aliphatic carbocycles. The zero-order valence-corrected chi connectivity index (χ0v) is 13.7. The van der Waals surface area contributed by atoms with E-state index in [1.807, 2.05) is 0 Å². The first-order chi connectivity index (χ1) is 11.4. The van der Waals surface area contributed by atoms with Crippen LogP contribution in [0.1, 0.15) is 31.6 Å². The number of hydrogen-bond acceptors (Lipinski definition) is 4. The van der Waals surface area contributed by atoms with Gasteiger partial charge >= 0.3 is 6.18 Å². The van der Waals surface area contributed by atoms with Crippen molar-refractivity contribution in [3.8, 4) is 0 Å². The number of imidazole rings is 1. The van der Waals surface area contributed by atoms with Crippen molar-refractivity contribution in [2.45, 2.75) is 32.0 Å². The Bertz CT molecular complexity index is 670. The van der Waals surface area contributed by atoms with Crippen LogP contribution in [0.2, 0.25) is 0 Å². The third-order valence-corrected chi connectivity index (χ3v) is 3.75. The number of anilines is 1. The monoisotopic (exact) mass is 345 g/mol. The summed E-state index contributed by atoms with van der Waals surface area (Å²) >= 11 is 0. The van der Waals surface area contributed by atoms with Crippen LogP contribution in [0.3, 0.4) is 0 Å². The molecular weight excluding hydrogens is 323 g/mol. The molecular formula is C16H22F3N3O2. The number of methoxy groups -OCH3 is 1. The molecule has 0 bridgehead atoms. The highest BCUT2D eigenvalue weighted by Crippen LogP contribution is 2.34. The van der Waals surface area contributed by atoms with Gasteiger partial charge in [-0.25, -0.2) is 4.98 Å². The molecule has 2 aromatic rings. The lowest BCUT2D eigenvalue weighted by molar-refractivity contribution is -0.147. The van der Waals surface area contributed by atoms with Gasteiger partial charge in [-0.15, -0.1) is 0 Å². The number of nitrogens with one attached hydrogen (secondary N) is 1. The second-order valence-electron chi connectivity index (χ2n) is 5.66. The summed E-state index contributed by atoms with van der Waals surface area (Å²) in [6, 6.07) is 4.21. The zero-order valence-electron chi connectivity index (χ0n) is 13.7. The van der Waals surface area contributed by atoms with Crippen LogP contribution < -0.4 is 5.32 Å². The lowest BCUT2D eigenvalue weighted by Crippen LogP contribution is -2.19. The Kier molecular flexibility index (Phi) is 6.06. The molecule has 1 aromatic heterocycles. The van der Waals surface area contributed by atoms with E-state index in [1.165, 1.54) is 6.92 Å². The van der Waals surface area contributed by atoms with E-state index in [1.54, 1.807) is 25.3 Å². The maximum atomic E-state index is 13.2. The summed E-state index contributed by atoms with van der Waals surface area (Å²) in [4.78, 5) is 3.74. The zero-order chi connectivity index (χ0) is 17.7. The molecule has 0 aliphatic rings. The summed E-state index contributed by atoms with van der Waals surface area (Å²) in [7, 11) is 1.64. The first-order valence-electron chi connectivity index (χ1n) is 7.81. The topological polar surface area (TPSA) is 59.3 Å². The van der Waals surface area contributed by atoms with Crippen LogP contribution in [0, 0.1) is 0 Å². The van der Waals surface area contributed by atoms with E-state index in [0.29, 0.717) is 18.7 Å². The van der Waals surface area contributed by atoms with Crippen molar-refractivity contribution in [1.82, 2.24) is 9.55 Å². The number of aliphatic hydroxyl groups is 1. The molecule has 0 aliphatic heterocycles. The fraction of sp³-hybridized carbons (Fsp3) is 0.562. The summed E-state index contributed by atoms with van der Waals surface area (Å²) in [6.07, 6.45) is -2.77. The summed E-state index contributed by atoms with van der Waals surface area (Å²) in [5.41, 5.74) is 1.33. The second kappa shape index (κ2) is 7.85. The molecule has 0 radical (unpaired) electrons. The van der Waals surface area contributed by atoms with Gasteiger partial charge in [0.1, 0.15) is 0 Å². The quantitative estimate of drug-likeness (QED) is 0.720. The highest BCUT2D eigenvalue weighted by atomic mass is 19.4. The van der Waals surface area contributed by atoms with E-state index in [0.717, 1.165) is 23.1 Å². The van der Waals surface area contributed by atoms with Crippen molar-refractivity contribution < 1.29 is 23.0 Å². The number of fused-ring (bicyclic) bond motifs is 1. The van der Waals surface area contributed by atoms with Crippen molar-refractivity contribution in [1.29, 1.82) is 0 Å². The number of halogens is 3. The maximum absolute atomic E-state index is 13.2. The summed E-state index contributed by atoms with van der Waals surface area (Å²) in [5, 5.41) is 12.4. The molecule has 24 heavy (non-hydrogen) atoms. The van der Waals surface area contributed by atoms with E-state index in [2.05, 4.69) is 10.3 Å². The van der Waals surface area contributed by atoms with Crippen LogP contribution in [0.15, 0.2) is 18.2 Å². The Hall–Kier alpha value is -1.80. The SMILES string of the molecule is COCCCCNc1ccc2c(c1)nc(C(F)(F)F)n2C(C)CO. The molecule has 1 atom stereocenters. The van der Waals surface area contributed by atoms with Gasteiger partial charge in [-0.05, 0) is 38.0 Å².